The number of aromatic nitrogens is 2. The first-order valence-electron chi connectivity index (χ1n) is 8.93. The minimum Gasteiger partial charge on any atom is -0.338 e. The number of imide groups is 1. The summed E-state index contributed by atoms with van der Waals surface area (Å²) in [5, 5.41) is 0. The fourth-order valence-corrected chi connectivity index (χ4v) is 3.52. The quantitative estimate of drug-likeness (QED) is 0.756. The Hall–Kier alpha value is -2.80. The summed E-state index contributed by atoms with van der Waals surface area (Å²) in [4.78, 5) is 39.2. The second-order valence-corrected chi connectivity index (χ2v) is 6.54. The van der Waals surface area contributed by atoms with Gasteiger partial charge in [-0.1, -0.05) is 12.1 Å². The van der Waals surface area contributed by atoms with Crippen molar-refractivity contribution in [3.05, 3.63) is 53.9 Å². The summed E-state index contributed by atoms with van der Waals surface area (Å²) in [5.74, 6) is 0.437. The van der Waals surface area contributed by atoms with Crippen LogP contribution in [0.3, 0.4) is 0 Å². The van der Waals surface area contributed by atoms with Gasteiger partial charge in [-0.25, -0.2) is 9.97 Å². The molecule has 1 aromatic heterocycles. The van der Waals surface area contributed by atoms with Crippen molar-refractivity contribution in [1.82, 2.24) is 19.8 Å². The Balaban J connectivity index is 1.25. The number of hydrogen-bond donors (Lipinski definition) is 0. The summed E-state index contributed by atoms with van der Waals surface area (Å²) in [6.45, 7) is 4.97. The molecule has 0 bridgehead atoms. The highest BCUT2D eigenvalue weighted by atomic mass is 16.2. The molecule has 1 saturated heterocycles. The lowest BCUT2D eigenvalue weighted by molar-refractivity contribution is 0.0647. The van der Waals surface area contributed by atoms with Crippen LogP contribution in [0.2, 0.25) is 0 Å². The number of fused-ring (bicyclic) bond motifs is 1. The lowest BCUT2D eigenvalue weighted by Crippen LogP contribution is -2.47. The van der Waals surface area contributed by atoms with E-state index < -0.39 is 0 Å². The van der Waals surface area contributed by atoms with E-state index in [2.05, 4.69) is 19.8 Å². The number of carbonyl (C=O) groups excluding carboxylic acids is 2. The predicted molar refractivity (Wildman–Crippen MR) is 97.1 cm³/mol. The van der Waals surface area contributed by atoms with Crippen molar-refractivity contribution >= 4 is 17.8 Å². The number of benzene rings is 1. The van der Waals surface area contributed by atoms with Gasteiger partial charge in [0.25, 0.3) is 11.8 Å². The molecule has 0 aliphatic carbocycles. The number of carbonyl (C=O) groups is 2. The molecule has 0 radical (unpaired) electrons. The number of nitrogens with zero attached hydrogens (tertiary/aromatic N) is 5. The van der Waals surface area contributed by atoms with Crippen LogP contribution < -0.4 is 4.90 Å². The Bertz CT molecular complexity index is 768. The van der Waals surface area contributed by atoms with Gasteiger partial charge in [-0.15, -0.1) is 0 Å². The second kappa shape index (κ2) is 7.21. The first-order chi connectivity index (χ1) is 12.7. The van der Waals surface area contributed by atoms with Crippen LogP contribution in [0.1, 0.15) is 27.1 Å². The van der Waals surface area contributed by atoms with Gasteiger partial charge in [0.15, 0.2) is 0 Å². The zero-order valence-corrected chi connectivity index (χ0v) is 14.5. The van der Waals surface area contributed by atoms with Crippen LogP contribution in [0, 0.1) is 0 Å². The molecule has 0 saturated carbocycles. The van der Waals surface area contributed by atoms with E-state index in [0.29, 0.717) is 17.7 Å². The van der Waals surface area contributed by atoms with Crippen molar-refractivity contribution in [2.75, 3.05) is 44.2 Å². The Labute approximate surface area is 152 Å². The predicted octanol–water partition coefficient (Wildman–Crippen LogP) is 1.28. The highest BCUT2D eigenvalue weighted by Gasteiger charge is 2.34. The number of hydrogen-bond acceptors (Lipinski definition) is 6. The lowest BCUT2D eigenvalue weighted by atomic mass is 10.1. The first-order valence-corrected chi connectivity index (χ1v) is 8.93. The minimum absolute atomic E-state index is 0.170. The summed E-state index contributed by atoms with van der Waals surface area (Å²) in [6, 6.07) is 8.85. The lowest BCUT2D eigenvalue weighted by Gasteiger charge is -2.34. The fourth-order valence-electron chi connectivity index (χ4n) is 3.52. The van der Waals surface area contributed by atoms with Crippen molar-refractivity contribution < 1.29 is 9.59 Å². The van der Waals surface area contributed by atoms with Crippen LogP contribution >= 0.6 is 0 Å². The smallest absolute Gasteiger partial charge is 0.261 e. The van der Waals surface area contributed by atoms with Gasteiger partial charge >= 0.3 is 0 Å². The van der Waals surface area contributed by atoms with E-state index in [1.807, 2.05) is 6.07 Å². The summed E-state index contributed by atoms with van der Waals surface area (Å²) >= 11 is 0. The molecule has 2 aliphatic rings. The maximum absolute atomic E-state index is 12.4. The van der Waals surface area contributed by atoms with Crippen LogP contribution in [0.4, 0.5) is 5.95 Å². The average Bonchev–Trinajstić information content (AvgIpc) is 2.94. The number of rotatable bonds is 5. The van der Waals surface area contributed by atoms with Gasteiger partial charge in [-0.3, -0.25) is 19.4 Å². The van der Waals surface area contributed by atoms with Crippen LogP contribution in [0.5, 0.6) is 0 Å². The normalized spacial score (nSPS) is 17.7. The van der Waals surface area contributed by atoms with E-state index in [0.717, 1.165) is 45.1 Å². The molecule has 1 aromatic carbocycles. The molecule has 4 rings (SSSR count). The molecule has 2 aliphatic heterocycles. The molecule has 0 spiro atoms. The molecular weight excluding hydrogens is 330 g/mol. The van der Waals surface area contributed by atoms with Crippen molar-refractivity contribution in [2.45, 2.75) is 6.42 Å². The van der Waals surface area contributed by atoms with E-state index in [1.165, 1.54) is 4.90 Å². The Kier molecular flexibility index (Phi) is 4.62. The van der Waals surface area contributed by atoms with Gasteiger partial charge in [0.1, 0.15) is 0 Å². The Morgan fingerprint density at radius 3 is 2.04 bits per heavy atom. The van der Waals surface area contributed by atoms with Crippen molar-refractivity contribution in [3.8, 4) is 0 Å². The molecule has 0 N–H and O–H groups in total. The molecule has 2 aromatic rings. The number of anilines is 1. The summed E-state index contributed by atoms with van der Waals surface area (Å²) in [7, 11) is 0. The molecule has 7 heteroatoms. The highest BCUT2D eigenvalue weighted by Crippen LogP contribution is 2.22. The van der Waals surface area contributed by atoms with Gasteiger partial charge in [-0.2, -0.15) is 0 Å². The largest absolute Gasteiger partial charge is 0.338 e. The molecule has 134 valence electrons. The monoisotopic (exact) mass is 351 g/mol. The maximum atomic E-state index is 12.4. The van der Waals surface area contributed by atoms with E-state index in [1.54, 1.807) is 36.7 Å². The first kappa shape index (κ1) is 16.7. The molecular formula is C19H21N5O2. The minimum atomic E-state index is -0.170. The standard InChI is InChI=1S/C19H21N5O2/c25-17-15-5-1-2-6-16(15)18(26)24(17)10-4-9-22-11-13-23(14-12-22)19-20-7-3-8-21-19/h1-3,5-8H,4,9-14H2. The van der Waals surface area contributed by atoms with Crippen molar-refractivity contribution in [3.63, 3.8) is 0 Å². The van der Waals surface area contributed by atoms with Crippen LogP contribution in [0.15, 0.2) is 42.7 Å². The molecule has 0 unspecified atom stereocenters. The van der Waals surface area contributed by atoms with E-state index >= 15 is 0 Å². The van der Waals surface area contributed by atoms with Crippen LogP contribution in [0.25, 0.3) is 0 Å². The maximum Gasteiger partial charge on any atom is 0.261 e. The van der Waals surface area contributed by atoms with Gasteiger partial charge in [0, 0.05) is 45.1 Å². The summed E-state index contributed by atoms with van der Waals surface area (Å²) in [6.07, 6.45) is 4.31. The van der Waals surface area contributed by atoms with Gasteiger partial charge in [0.2, 0.25) is 5.95 Å². The Morgan fingerprint density at radius 1 is 0.808 bits per heavy atom. The van der Waals surface area contributed by atoms with Crippen molar-refractivity contribution in [1.29, 1.82) is 0 Å². The van der Waals surface area contributed by atoms with Crippen LogP contribution in [-0.4, -0.2) is 70.9 Å². The molecule has 0 atom stereocenters. The molecule has 26 heavy (non-hydrogen) atoms. The molecule has 2 amide bonds. The third-order valence-corrected chi connectivity index (χ3v) is 4.94. The van der Waals surface area contributed by atoms with Crippen LogP contribution in [-0.2, 0) is 0 Å². The zero-order chi connectivity index (χ0) is 17.9. The van der Waals surface area contributed by atoms with Crippen molar-refractivity contribution in [2.24, 2.45) is 0 Å². The highest BCUT2D eigenvalue weighted by molar-refractivity contribution is 6.21. The zero-order valence-electron chi connectivity index (χ0n) is 14.5. The summed E-state index contributed by atoms with van der Waals surface area (Å²) < 4.78 is 0. The van der Waals surface area contributed by atoms with E-state index in [4.69, 9.17) is 0 Å². The molecule has 1 fully saturated rings. The third-order valence-electron chi connectivity index (χ3n) is 4.94. The Morgan fingerprint density at radius 2 is 1.42 bits per heavy atom. The molecule has 7 nitrogen and oxygen atoms in total. The topological polar surface area (TPSA) is 69.6 Å². The van der Waals surface area contributed by atoms with Gasteiger partial charge < -0.3 is 4.90 Å². The van der Waals surface area contributed by atoms with E-state index in [9.17, 15) is 9.59 Å². The second-order valence-electron chi connectivity index (χ2n) is 6.54. The average molecular weight is 351 g/mol. The van der Waals surface area contributed by atoms with E-state index in [-0.39, 0.29) is 11.8 Å². The fraction of sp³-hybridized carbons (Fsp3) is 0.368. The molecule has 3 heterocycles. The van der Waals surface area contributed by atoms with Gasteiger partial charge in [-0.05, 0) is 31.2 Å². The number of amides is 2. The number of piperazine rings is 1. The SMILES string of the molecule is O=C1c2ccccc2C(=O)N1CCCN1CCN(c2ncccn2)CC1. The third kappa shape index (κ3) is 3.17. The summed E-state index contributed by atoms with van der Waals surface area (Å²) in [5.41, 5.74) is 1.04. The van der Waals surface area contributed by atoms with Gasteiger partial charge in [0.05, 0.1) is 11.1 Å².